The lowest BCUT2D eigenvalue weighted by molar-refractivity contribution is 1.16. The molecule has 0 atom stereocenters. The molecular formula is C48H24N6. The van der Waals surface area contributed by atoms with Crippen LogP contribution in [0.1, 0.15) is 22.3 Å². The van der Waals surface area contributed by atoms with Crippen LogP contribution in [0.3, 0.4) is 0 Å². The molecule has 6 heteroatoms. The van der Waals surface area contributed by atoms with E-state index >= 15 is 0 Å². The Morgan fingerprint density at radius 2 is 0.907 bits per heavy atom. The maximum absolute atomic E-state index is 10.1. The molecule has 10 rings (SSSR count). The minimum absolute atomic E-state index is 0.425. The molecule has 8 aromatic carbocycles. The van der Waals surface area contributed by atoms with Gasteiger partial charge in [-0.05, 0) is 105 Å². The van der Waals surface area contributed by atoms with Crippen LogP contribution >= 0.6 is 0 Å². The monoisotopic (exact) mass is 684 g/mol. The predicted octanol–water partition coefficient (Wildman–Crippen LogP) is 11.3. The van der Waals surface area contributed by atoms with Crippen molar-refractivity contribution in [3.63, 3.8) is 0 Å². The minimum Gasteiger partial charge on any atom is -0.309 e. The van der Waals surface area contributed by atoms with E-state index in [4.69, 9.17) is 0 Å². The number of para-hydroxylation sites is 2. The maximum Gasteiger partial charge on any atom is 0.101 e. The van der Waals surface area contributed by atoms with Gasteiger partial charge in [-0.15, -0.1) is 0 Å². The van der Waals surface area contributed by atoms with Gasteiger partial charge < -0.3 is 9.13 Å². The van der Waals surface area contributed by atoms with E-state index in [-0.39, 0.29) is 0 Å². The molecule has 0 radical (unpaired) electrons. The normalized spacial score (nSPS) is 11.3. The third kappa shape index (κ3) is 4.49. The van der Waals surface area contributed by atoms with Gasteiger partial charge in [0, 0.05) is 27.2 Å². The van der Waals surface area contributed by atoms with E-state index in [0.717, 1.165) is 82.0 Å². The Kier molecular flexibility index (Phi) is 6.64. The molecule has 0 bridgehead atoms. The molecule has 0 fully saturated rings. The molecule has 246 valence electrons. The largest absolute Gasteiger partial charge is 0.309 e. The second kappa shape index (κ2) is 11.7. The molecule has 0 aliphatic heterocycles. The molecule has 0 aliphatic rings. The highest BCUT2D eigenvalue weighted by atomic mass is 15.0. The fraction of sp³-hybridized carbons (Fsp3) is 0. The third-order valence-electron chi connectivity index (χ3n) is 10.5. The zero-order valence-electron chi connectivity index (χ0n) is 28.5. The highest BCUT2D eigenvalue weighted by molar-refractivity contribution is 6.16. The van der Waals surface area contributed by atoms with Crippen molar-refractivity contribution in [2.75, 3.05) is 0 Å². The quantitative estimate of drug-likeness (QED) is 0.185. The summed E-state index contributed by atoms with van der Waals surface area (Å²) >= 11 is 0. The average molecular weight is 685 g/mol. The first-order chi connectivity index (χ1) is 26.6. The summed E-state index contributed by atoms with van der Waals surface area (Å²) < 4.78 is 4.21. The first-order valence-corrected chi connectivity index (χ1v) is 17.4. The topological polar surface area (TPSA) is 105 Å². The van der Waals surface area contributed by atoms with Crippen LogP contribution in [0.15, 0.2) is 146 Å². The van der Waals surface area contributed by atoms with E-state index in [2.05, 4.69) is 108 Å². The van der Waals surface area contributed by atoms with Crippen molar-refractivity contribution in [3.8, 4) is 46.8 Å². The van der Waals surface area contributed by atoms with E-state index in [0.29, 0.717) is 27.9 Å². The standard InChI is InChI=1S/C48H24N6/c49-25-29-16-30(26-50)18-39(17-29)53-45-23-35(14-15-41(45)43-20-31-6-1-2-7-32(31)22-46(43)53)33-12-13-34-21-42-40-10-3-4-11-44(40)54(47(42)24-38(34)19-33)48-36(27-51)8-5-9-37(48)28-52/h1-24H. The van der Waals surface area contributed by atoms with E-state index in [9.17, 15) is 21.0 Å². The number of benzene rings is 8. The summed E-state index contributed by atoms with van der Waals surface area (Å²) in [6.07, 6.45) is 0. The second-order valence-electron chi connectivity index (χ2n) is 13.5. The van der Waals surface area contributed by atoms with E-state index in [1.54, 1.807) is 24.3 Å². The van der Waals surface area contributed by atoms with Crippen molar-refractivity contribution in [2.45, 2.75) is 0 Å². The second-order valence-corrected chi connectivity index (χ2v) is 13.5. The van der Waals surface area contributed by atoms with Crippen LogP contribution in [-0.2, 0) is 0 Å². The average Bonchev–Trinajstić information content (AvgIpc) is 3.71. The van der Waals surface area contributed by atoms with E-state index in [1.165, 1.54) is 0 Å². The van der Waals surface area contributed by atoms with Gasteiger partial charge in [0.25, 0.3) is 0 Å². The van der Waals surface area contributed by atoms with Crippen LogP contribution in [0.4, 0.5) is 0 Å². The lowest BCUT2D eigenvalue weighted by Crippen LogP contribution is -2.01. The van der Waals surface area contributed by atoms with Gasteiger partial charge in [0.1, 0.15) is 12.1 Å². The molecule has 0 spiro atoms. The van der Waals surface area contributed by atoms with Crippen molar-refractivity contribution in [2.24, 2.45) is 0 Å². The molecule has 0 amide bonds. The summed E-state index contributed by atoms with van der Waals surface area (Å²) in [5.41, 5.74) is 8.87. The molecule has 0 unspecified atom stereocenters. The fourth-order valence-corrected chi connectivity index (χ4v) is 8.13. The number of rotatable bonds is 3. The van der Waals surface area contributed by atoms with Crippen LogP contribution in [0.25, 0.3) is 87.7 Å². The molecule has 6 nitrogen and oxygen atoms in total. The van der Waals surface area contributed by atoms with Crippen molar-refractivity contribution >= 4 is 65.2 Å². The van der Waals surface area contributed by atoms with Gasteiger partial charge in [-0.3, -0.25) is 0 Å². The van der Waals surface area contributed by atoms with Crippen molar-refractivity contribution in [1.29, 1.82) is 21.0 Å². The van der Waals surface area contributed by atoms with Gasteiger partial charge in [-0.1, -0.05) is 72.8 Å². The zero-order chi connectivity index (χ0) is 36.5. The van der Waals surface area contributed by atoms with Gasteiger partial charge in [0.2, 0.25) is 0 Å². The first kappa shape index (κ1) is 30.6. The van der Waals surface area contributed by atoms with Crippen molar-refractivity contribution in [1.82, 2.24) is 9.13 Å². The first-order valence-electron chi connectivity index (χ1n) is 17.4. The molecular weight excluding hydrogens is 661 g/mol. The van der Waals surface area contributed by atoms with Crippen LogP contribution in [0.2, 0.25) is 0 Å². The third-order valence-corrected chi connectivity index (χ3v) is 10.5. The maximum atomic E-state index is 10.1. The summed E-state index contributed by atoms with van der Waals surface area (Å²) in [6, 6.07) is 57.7. The summed E-state index contributed by atoms with van der Waals surface area (Å²) in [5, 5.41) is 48.5. The molecule has 10 aromatic rings. The Hall–Kier alpha value is -8.16. The number of fused-ring (bicyclic) bond motifs is 8. The number of nitriles is 4. The molecule has 0 saturated carbocycles. The summed E-state index contributed by atoms with van der Waals surface area (Å²) in [4.78, 5) is 0. The summed E-state index contributed by atoms with van der Waals surface area (Å²) in [5.74, 6) is 0. The molecule has 2 aromatic heterocycles. The number of aromatic nitrogens is 2. The summed E-state index contributed by atoms with van der Waals surface area (Å²) in [7, 11) is 0. The van der Waals surface area contributed by atoms with Crippen molar-refractivity contribution < 1.29 is 0 Å². The van der Waals surface area contributed by atoms with Gasteiger partial charge in [-0.2, -0.15) is 21.0 Å². The van der Waals surface area contributed by atoms with Crippen LogP contribution in [-0.4, -0.2) is 9.13 Å². The zero-order valence-corrected chi connectivity index (χ0v) is 28.5. The highest BCUT2D eigenvalue weighted by Gasteiger charge is 2.20. The van der Waals surface area contributed by atoms with Crippen molar-refractivity contribution in [3.05, 3.63) is 168 Å². The molecule has 0 aliphatic carbocycles. The van der Waals surface area contributed by atoms with E-state index < -0.39 is 0 Å². The number of hydrogen-bond acceptors (Lipinski definition) is 4. The minimum atomic E-state index is 0.425. The smallest absolute Gasteiger partial charge is 0.101 e. The highest BCUT2D eigenvalue weighted by Crippen LogP contribution is 2.40. The summed E-state index contributed by atoms with van der Waals surface area (Å²) in [6.45, 7) is 0. The molecule has 54 heavy (non-hydrogen) atoms. The fourth-order valence-electron chi connectivity index (χ4n) is 8.13. The Labute approximate surface area is 309 Å². The molecule has 2 heterocycles. The Morgan fingerprint density at radius 3 is 1.61 bits per heavy atom. The van der Waals surface area contributed by atoms with E-state index in [1.807, 2.05) is 47.0 Å². The van der Waals surface area contributed by atoms with Gasteiger partial charge in [0.05, 0.1) is 62.1 Å². The Balaban J connectivity index is 1.23. The molecule has 0 N–H and O–H groups in total. The van der Waals surface area contributed by atoms with Gasteiger partial charge in [-0.25, -0.2) is 0 Å². The molecule has 0 saturated heterocycles. The van der Waals surface area contributed by atoms with Gasteiger partial charge in [0.15, 0.2) is 0 Å². The van der Waals surface area contributed by atoms with Gasteiger partial charge >= 0.3 is 0 Å². The SMILES string of the molecule is N#Cc1cc(C#N)cc(-n2c3cc(-c4ccc5cc6c7ccccc7n(-c7c(C#N)cccc7C#N)c6cc5c4)ccc3c3cc4ccccc4cc32)c1. The van der Waals surface area contributed by atoms with Crippen LogP contribution in [0, 0.1) is 45.3 Å². The lowest BCUT2D eigenvalue weighted by atomic mass is 9.98. The lowest BCUT2D eigenvalue weighted by Gasteiger charge is -2.12. The Morgan fingerprint density at radius 1 is 0.352 bits per heavy atom. The number of hydrogen-bond donors (Lipinski definition) is 0. The Bertz CT molecular complexity index is 3380. The predicted molar refractivity (Wildman–Crippen MR) is 214 cm³/mol. The van der Waals surface area contributed by atoms with Crippen LogP contribution in [0.5, 0.6) is 0 Å². The van der Waals surface area contributed by atoms with Crippen LogP contribution < -0.4 is 0 Å². The number of nitrogens with zero attached hydrogens (tertiary/aromatic N) is 6.